The average molecular weight is 492 g/mol. The second kappa shape index (κ2) is 10.9. The van der Waals surface area contributed by atoms with Crippen molar-refractivity contribution in [3.63, 3.8) is 0 Å². The van der Waals surface area contributed by atoms with Gasteiger partial charge >= 0.3 is 0 Å². The zero-order chi connectivity index (χ0) is 24.1. The lowest BCUT2D eigenvalue weighted by atomic mass is 10.1. The van der Waals surface area contributed by atoms with Crippen molar-refractivity contribution in [2.24, 2.45) is 0 Å². The Hall–Kier alpha value is -2.47. The number of aliphatic hydroxyl groups excluding tert-OH is 1. The molecule has 1 aromatic heterocycles. The fraction of sp³-hybridized carbons (Fsp3) is 0.565. The number of sulfone groups is 1. The Kier molecular flexibility index (Phi) is 7.87. The Morgan fingerprint density at radius 1 is 1.29 bits per heavy atom. The monoisotopic (exact) mass is 491 g/mol. The first-order valence-electron chi connectivity index (χ1n) is 11.6. The Bertz CT molecular complexity index is 1080. The number of aliphatic hydroxyl groups is 1. The normalized spacial score (nSPS) is 20.8. The second-order valence-corrected chi connectivity index (χ2v) is 11.0. The summed E-state index contributed by atoms with van der Waals surface area (Å²) in [7, 11) is -1.23. The van der Waals surface area contributed by atoms with E-state index in [2.05, 4.69) is 10.6 Å². The molecule has 2 aliphatic heterocycles. The van der Waals surface area contributed by atoms with Gasteiger partial charge in [0.2, 0.25) is 0 Å². The summed E-state index contributed by atoms with van der Waals surface area (Å²) in [5.41, 5.74) is 1.66. The van der Waals surface area contributed by atoms with Crippen LogP contribution >= 0.6 is 0 Å². The predicted octanol–water partition coefficient (Wildman–Crippen LogP) is 0.847. The molecule has 186 valence electrons. The summed E-state index contributed by atoms with van der Waals surface area (Å²) in [6, 6.07) is 7.62. The van der Waals surface area contributed by atoms with E-state index in [9.17, 15) is 13.5 Å². The first-order chi connectivity index (χ1) is 16.3. The maximum absolute atomic E-state index is 12.0. The highest BCUT2D eigenvalue weighted by atomic mass is 32.2. The summed E-state index contributed by atoms with van der Waals surface area (Å²) in [5, 5.41) is 16.3. The zero-order valence-corrected chi connectivity index (χ0v) is 20.5. The maximum atomic E-state index is 12.0. The molecule has 2 aliphatic rings. The molecule has 3 N–H and O–H groups in total. The minimum atomic E-state index is -3.01. The van der Waals surface area contributed by atoms with Crippen molar-refractivity contribution in [3.8, 4) is 17.1 Å². The number of hydrogen-bond acceptors (Lipinski definition) is 10. The molecule has 2 atom stereocenters. The molecule has 0 saturated carbocycles. The Morgan fingerprint density at radius 3 is 2.79 bits per heavy atom. The van der Waals surface area contributed by atoms with Crippen LogP contribution in [0.5, 0.6) is 5.75 Å². The van der Waals surface area contributed by atoms with Gasteiger partial charge in [-0.05, 0) is 32.5 Å². The summed E-state index contributed by atoms with van der Waals surface area (Å²) >= 11 is 0. The SMILES string of the molecule is CNCC(O)COc1cccc(-c2nc(N[C@@H]3CCOC3)c(C)c(N3CCS(=O)(=O)CC3)n2)c1. The van der Waals surface area contributed by atoms with E-state index < -0.39 is 15.9 Å². The summed E-state index contributed by atoms with van der Waals surface area (Å²) in [5.74, 6) is 2.82. The third kappa shape index (κ3) is 6.15. The molecule has 10 nitrogen and oxygen atoms in total. The topological polar surface area (TPSA) is 126 Å². The van der Waals surface area contributed by atoms with Gasteiger partial charge in [0, 0.05) is 37.4 Å². The van der Waals surface area contributed by atoms with Gasteiger partial charge in [-0.1, -0.05) is 12.1 Å². The molecule has 11 heteroatoms. The quantitative estimate of drug-likeness (QED) is 0.465. The fourth-order valence-electron chi connectivity index (χ4n) is 4.06. The van der Waals surface area contributed by atoms with Crippen molar-refractivity contribution in [1.29, 1.82) is 0 Å². The highest BCUT2D eigenvalue weighted by Gasteiger charge is 2.26. The van der Waals surface area contributed by atoms with Gasteiger partial charge in [0.1, 0.15) is 30.1 Å². The van der Waals surface area contributed by atoms with Gasteiger partial charge in [-0.2, -0.15) is 0 Å². The van der Waals surface area contributed by atoms with E-state index in [4.69, 9.17) is 19.4 Å². The predicted molar refractivity (Wildman–Crippen MR) is 131 cm³/mol. The van der Waals surface area contributed by atoms with Crippen molar-refractivity contribution in [2.45, 2.75) is 25.5 Å². The molecule has 0 radical (unpaired) electrons. The smallest absolute Gasteiger partial charge is 0.164 e. The van der Waals surface area contributed by atoms with E-state index in [0.29, 0.717) is 44.4 Å². The van der Waals surface area contributed by atoms with Gasteiger partial charge in [-0.25, -0.2) is 18.4 Å². The third-order valence-electron chi connectivity index (χ3n) is 6.01. The van der Waals surface area contributed by atoms with Crippen LogP contribution in [-0.2, 0) is 14.6 Å². The molecule has 0 aliphatic carbocycles. The van der Waals surface area contributed by atoms with Gasteiger partial charge < -0.3 is 30.1 Å². The van der Waals surface area contributed by atoms with E-state index in [0.717, 1.165) is 29.2 Å². The molecular weight excluding hydrogens is 458 g/mol. The number of likely N-dealkylation sites (N-methyl/N-ethyl adjacent to an activating group) is 1. The van der Waals surface area contributed by atoms with E-state index in [-0.39, 0.29) is 24.2 Å². The van der Waals surface area contributed by atoms with Crippen LogP contribution in [0.25, 0.3) is 11.4 Å². The van der Waals surface area contributed by atoms with Crippen molar-refractivity contribution >= 4 is 21.5 Å². The van der Waals surface area contributed by atoms with E-state index in [1.165, 1.54) is 0 Å². The number of rotatable bonds is 9. The maximum Gasteiger partial charge on any atom is 0.164 e. The lowest BCUT2D eigenvalue weighted by molar-refractivity contribution is 0.108. The molecule has 0 spiro atoms. The van der Waals surface area contributed by atoms with Crippen LogP contribution in [0.2, 0.25) is 0 Å². The van der Waals surface area contributed by atoms with Crippen molar-refractivity contribution < 1.29 is 23.0 Å². The fourth-order valence-corrected chi connectivity index (χ4v) is 5.26. The molecule has 34 heavy (non-hydrogen) atoms. The van der Waals surface area contributed by atoms with Crippen LogP contribution in [0.4, 0.5) is 11.6 Å². The molecule has 0 bridgehead atoms. The highest BCUT2D eigenvalue weighted by Crippen LogP contribution is 2.31. The highest BCUT2D eigenvalue weighted by molar-refractivity contribution is 7.91. The van der Waals surface area contributed by atoms with Gasteiger partial charge in [0.15, 0.2) is 15.7 Å². The van der Waals surface area contributed by atoms with Crippen LogP contribution in [0.1, 0.15) is 12.0 Å². The standard InChI is InChI=1S/C23H33N5O5S/c1-16-21(25-18-6-9-32-14-18)26-22(27-23(16)28-7-10-34(30,31)11-8-28)17-4-3-5-20(12-17)33-15-19(29)13-24-2/h3-5,12,18-19,24,29H,6-11,13-15H2,1-2H3,(H,25,26,27)/t18-,19?/m1/s1. The molecule has 1 aromatic carbocycles. The van der Waals surface area contributed by atoms with Crippen molar-refractivity contribution in [1.82, 2.24) is 15.3 Å². The molecule has 2 saturated heterocycles. The number of benzene rings is 1. The largest absolute Gasteiger partial charge is 0.491 e. The zero-order valence-electron chi connectivity index (χ0n) is 19.7. The van der Waals surface area contributed by atoms with Crippen LogP contribution in [0.3, 0.4) is 0 Å². The lowest BCUT2D eigenvalue weighted by Gasteiger charge is -2.30. The molecular formula is C23H33N5O5S. The number of ether oxygens (including phenoxy) is 2. The molecule has 2 fully saturated rings. The number of anilines is 2. The number of nitrogens with one attached hydrogen (secondary N) is 2. The van der Waals surface area contributed by atoms with Crippen LogP contribution < -0.4 is 20.3 Å². The summed E-state index contributed by atoms with van der Waals surface area (Å²) in [6.45, 7) is 4.70. The Morgan fingerprint density at radius 2 is 2.09 bits per heavy atom. The van der Waals surface area contributed by atoms with Crippen LogP contribution in [0, 0.1) is 6.92 Å². The third-order valence-corrected chi connectivity index (χ3v) is 7.62. The van der Waals surface area contributed by atoms with Crippen LogP contribution in [-0.4, -0.2) is 93.6 Å². The van der Waals surface area contributed by atoms with Crippen molar-refractivity contribution in [3.05, 3.63) is 29.8 Å². The van der Waals surface area contributed by atoms with E-state index in [1.807, 2.05) is 36.1 Å². The summed E-state index contributed by atoms with van der Waals surface area (Å²) < 4.78 is 35.2. The van der Waals surface area contributed by atoms with Gasteiger partial charge in [-0.15, -0.1) is 0 Å². The number of nitrogens with zero attached hydrogens (tertiary/aromatic N) is 3. The van der Waals surface area contributed by atoms with Crippen molar-refractivity contribution in [2.75, 3.05) is 68.2 Å². The summed E-state index contributed by atoms with van der Waals surface area (Å²) in [6.07, 6.45) is 0.282. The Labute approximate surface area is 200 Å². The Balaban J connectivity index is 1.64. The minimum Gasteiger partial charge on any atom is -0.491 e. The van der Waals surface area contributed by atoms with E-state index in [1.54, 1.807) is 7.05 Å². The second-order valence-electron chi connectivity index (χ2n) is 8.74. The van der Waals surface area contributed by atoms with Crippen LogP contribution in [0.15, 0.2) is 24.3 Å². The number of hydrogen-bond donors (Lipinski definition) is 3. The first kappa shape index (κ1) is 24.6. The average Bonchev–Trinajstić information content (AvgIpc) is 3.33. The number of aromatic nitrogens is 2. The first-order valence-corrected chi connectivity index (χ1v) is 13.4. The molecule has 3 heterocycles. The molecule has 0 amide bonds. The van der Waals surface area contributed by atoms with Gasteiger partial charge in [-0.3, -0.25) is 0 Å². The minimum absolute atomic E-state index is 0.114. The molecule has 4 rings (SSSR count). The van der Waals surface area contributed by atoms with Gasteiger partial charge in [0.05, 0.1) is 24.2 Å². The van der Waals surface area contributed by atoms with E-state index >= 15 is 0 Å². The molecule has 1 unspecified atom stereocenters. The summed E-state index contributed by atoms with van der Waals surface area (Å²) in [4.78, 5) is 11.7. The lowest BCUT2D eigenvalue weighted by Crippen LogP contribution is -2.41. The van der Waals surface area contributed by atoms with Gasteiger partial charge in [0.25, 0.3) is 0 Å². The molecule has 2 aromatic rings.